The smallest absolute Gasteiger partial charge is 0.379 e. The summed E-state index contributed by atoms with van der Waals surface area (Å²) in [5.41, 5.74) is 0.938. The van der Waals surface area contributed by atoms with E-state index < -0.39 is 5.97 Å². The van der Waals surface area contributed by atoms with Crippen LogP contribution in [0, 0.1) is 0 Å². The van der Waals surface area contributed by atoms with Crippen LogP contribution in [0.2, 0.25) is 0 Å². The molecule has 2 aromatic rings. The Balaban J connectivity index is 1.93. The van der Waals surface area contributed by atoms with Gasteiger partial charge in [-0.05, 0) is 24.2 Å². The Morgan fingerprint density at radius 2 is 2.17 bits per heavy atom. The lowest BCUT2D eigenvalue weighted by atomic mass is 10.3. The predicted octanol–water partition coefficient (Wildman–Crippen LogP) is 1.86. The Morgan fingerprint density at radius 3 is 2.89 bits per heavy atom. The Morgan fingerprint density at radius 1 is 1.39 bits per heavy atom. The molecule has 0 spiro atoms. The minimum atomic E-state index is -0.577. The fourth-order valence-electron chi connectivity index (χ4n) is 1.34. The number of ether oxygens (including phenoxy) is 1. The van der Waals surface area contributed by atoms with E-state index in [2.05, 4.69) is 15.5 Å². The molecular weight excluding hydrogens is 234 g/mol. The predicted molar refractivity (Wildman–Crippen MR) is 64.0 cm³/mol. The number of nitrogens with zero attached hydrogens (tertiary/aromatic N) is 2. The second kappa shape index (κ2) is 5.81. The topological polar surface area (TPSA) is 77.2 Å². The van der Waals surface area contributed by atoms with Crippen molar-refractivity contribution in [3.63, 3.8) is 0 Å². The summed E-state index contributed by atoms with van der Waals surface area (Å²) in [6, 6.07) is 9.60. The quantitative estimate of drug-likeness (QED) is 0.812. The average Bonchev–Trinajstić information content (AvgIpc) is 2.87. The standard InChI is InChI=1S/C12H13N3O3/c1-2-17-12(16)11-14-10(18-15-11)8-13-9-6-4-3-5-7-9/h3-7,13H,2,8H2,1H3. The molecule has 18 heavy (non-hydrogen) atoms. The third-order valence-corrected chi connectivity index (χ3v) is 2.14. The van der Waals surface area contributed by atoms with E-state index in [9.17, 15) is 4.79 Å². The highest BCUT2D eigenvalue weighted by atomic mass is 16.5. The molecule has 1 heterocycles. The first-order chi connectivity index (χ1) is 8.79. The summed E-state index contributed by atoms with van der Waals surface area (Å²) in [6.07, 6.45) is 0. The summed E-state index contributed by atoms with van der Waals surface area (Å²) in [4.78, 5) is 15.2. The van der Waals surface area contributed by atoms with Gasteiger partial charge in [-0.2, -0.15) is 4.98 Å². The molecule has 6 nitrogen and oxygen atoms in total. The number of nitrogens with one attached hydrogen (secondary N) is 1. The molecule has 0 amide bonds. The van der Waals surface area contributed by atoms with E-state index in [1.807, 2.05) is 30.3 Å². The number of hydrogen-bond acceptors (Lipinski definition) is 6. The first-order valence-electron chi connectivity index (χ1n) is 5.58. The van der Waals surface area contributed by atoms with Crippen molar-refractivity contribution in [3.05, 3.63) is 42.0 Å². The summed E-state index contributed by atoms with van der Waals surface area (Å²) in [7, 11) is 0. The molecule has 6 heteroatoms. The monoisotopic (exact) mass is 247 g/mol. The molecule has 0 aliphatic carbocycles. The first-order valence-corrected chi connectivity index (χ1v) is 5.58. The molecule has 1 aromatic carbocycles. The number of benzene rings is 1. The summed E-state index contributed by atoms with van der Waals surface area (Å²) in [5.74, 6) is -0.296. The van der Waals surface area contributed by atoms with Crippen molar-refractivity contribution in [3.8, 4) is 0 Å². The molecule has 0 aliphatic heterocycles. The van der Waals surface area contributed by atoms with Gasteiger partial charge in [0.25, 0.3) is 5.82 Å². The normalized spacial score (nSPS) is 10.1. The Hall–Kier alpha value is -2.37. The van der Waals surface area contributed by atoms with Crippen molar-refractivity contribution in [1.82, 2.24) is 10.1 Å². The molecule has 1 N–H and O–H groups in total. The number of aromatic nitrogens is 2. The van der Waals surface area contributed by atoms with Crippen molar-refractivity contribution < 1.29 is 14.1 Å². The average molecular weight is 247 g/mol. The number of para-hydroxylation sites is 1. The summed E-state index contributed by atoms with van der Waals surface area (Å²) < 4.78 is 9.69. The molecule has 0 saturated carbocycles. The molecule has 0 bridgehead atoms. The Kier molecular flexibility index (Phi) is 3.90. The van der Waals surface area contributed by atoms with Gasteiger partial charge < -0.3 is 14.6 Å². The second-order valence-corrected chi connectivity index (χ2v) is 3.45. The zero-order chi connectivity index (χ0) is 12.8. The van der Waals surface area contributed by atoms with Crippen LogP contribution in [0.5, 0.6) is 0 Å². The number of carbonyl (C=O) groups is 1. The van der Waals surface area contributed by atoms with Crippen LogP contribution in [0.25, 0.3) is 0 Å². The molecule has 94 valence electrons. The van der Waals surface area contributed by atoms with Crippen LogP contribution in [0.15, 0.2) is 34.9 Å². The van der Waals surface area contributed by atoms with Crippen molar-refractivity contribution in [2.24, 2.45) is 0 Å². The van der Waals surface area contributed by atoms with Gasteiger partial charge in [0.05, 0.1) is 13.2 Å². The van der Waals surface area contributed by atoms with Gasteiger partial charge in [-0.25, -0.2) is 4.79 Å². The number of hydrogen-bond donors (Lipinski definition) is 1. The van der Waals surface area contributed by atoms with E-state index in [-0.39, 0.29) is 12.4 Å². The fraction of sp³-hybridized carbons (Fsp3) is 0.250. The van der Waals surface area contributed by atoms with Gasteiger partial charge in [0.2, 0.25) is 5.89 Å². The minimum Gasteiger partial charge on any atom is -0.460 e. The van der Waals surface area contributed by atoms with E-state index in [0.29, 0.717) is 12.4 Å². The maximum absolute atomic E-state index is 11.3. The van der Waals surface area contributed by atoms with Crippen LogP contribution in [-0.2, 0) is 11.3 Å². The lowest BCUT2D eigenvalue weighted by Gasteiger charge is -2.01. The first kappa shape index (κ1) is 12.1. The highest BCUT2D eigenvalue weighted by Gasteiger charge is 2.15. The molecule has 0 atom stereocenters. The fourth-order valence-corrected chi connectivity index (χ4v) is 1.34. The third kappa shape index (κ3) is 3.07. The highest BCUT2D eigenvalue weighted by molar-refractivity contribution is 5.84. The van der Waals surface area contributed by atoms with E-state index >= 15 is 0 Å². The largest absolute Gasteiger partial charge is 0.460 e. The highest BCUT2D eigenvalue weighted by Crippen LogP contribution is 2.07. The van der Waals surface area contributed by atoms with Gasteiger partial charge in [-0.3, -0.25) is 0 Å². The van der Waals surface area contributed by atoms with E-state index in [4.69, 9.17) is 9.26 Å². The van der Waals surface area contributed by atoms with Gasteiger partial charge in [0.1, 0.15) is 0 Å². The maximum Gasteiger partial charge on any atom is 0.379 e. The second-order valence-electron chi connectivity index (χ2n) is 3.45. The van der Waals surface area contributed by atoms with E-state index in [0.717, 1.165) is 5.69 Å². The number of esters is 1. The maximum atomic E-state index is 11.3. The van der Waals surface area contributed by atoms with Crippen LogP contribution in [0.4, 0.5) is 5.69 Å². The van der Waals surface area contributed by atoms with Crippen LogP contribution < -0.4 is 5.32 Å². The lowest BCUT2D eigenvalue weighted by Crippen LogP contribution is -2.07. The van der Waals surface area contributed by atoms with Gasteiger partial charge in [0.15, 0.2) is 0 Å². The van der Waals surface area contributed by atoms with Crippen molar-refractivity contribution in [1.29, 1.82) is 0 Å². The van der Waals surface area contributed by atoms with E-state index in [1.165, 1.54) is 0 Å². The number of carbonyl (C=O) groups excluding carboxylic acids is 1. The molecule has 0 saturated heterocycles. The Labute approximate surface area is 104 Å². The van der Waals surface area contributed by atoms with Crippen LogP contribution in [0.1, 0.15) is 23.4 Å². The number of rotatable bonds is 5. The molecule has 0 unspecified atom stereocenters. The van der Waals surface area contributed by atoms with Gasteiger partial charge in [-0.15, -0.1) is 0 Å². The zero-order valence-corrected chi connectivity index (χ0v) is 9.92. The summed E-state index contributed by atoms with van der Waals surface area (Å²) in [5, 5.41) is 6.64. The van der Waals surface area contributed by atoms with Crippen molar-refractivity contribution in [2.75, 3.05) is 11.9 Å². The summed E-state index contributed by atoms with van der Waals surface area (Å²) in [6.45, 7) is 2.36. The van der Waals surface area contributed by atoms with E-state index in [1.54, 1.807) is 6.92 Å². The molecule has 0 radical (unpaired) electrons. The van der Waals surface area contributed by atoms with Crippen LogP contribution in [0.3, 0.4) is 0 Å². The lowest BCUT2D eigenvalue weighted by molar-refractivity contribution is 0.0508. The van der Waals surface area contributed by atoms with Crippen LogP contribution >= 0.6 is 0 Å². The third-order valence-electron chi connectivity index (χ3n) is 2.14. The molecule has 1 aromatic heterocycles. The van der Waals surface area contributed by atoms with Crippen LogP contribution in [-0.4, -0.2) is 22.7 Å². The molecule has 0 fully saturated rings. The van der Waals surface area contributed by atoms with Crippen molar-refractivity contribution in [2.45, 2.75) is 13.5 Å². The van der Waals surface area contributed by atoms with Crippen molar-refractivity contribution >= 4 is 11.7 Å². The Bertz CT molecular complexity index is 510. The van der Waals surface area contributed by atoms with Gasteiger partial charge in [-0.1, -0.05) is 18.2 Å². The van der Waals surface area contributed by atoms with Gasteiger partial charge in [0, 0.05) is 5.69 Å². The minimum absolute atomic E-state index is 0.0540. The summed E-state index contributed by atoms with van der Waals surface area (Å²) >= 11 is 0. The van der Waals surface area contributed by atoms with Gasteiger partial charge >= 0.3 is 5.97 Å². The molecular formula is C12H13N3O3. The zero-order valence-electron chi connectivity index (χ0n) is 9.92. The molecule has 2 rings (SSSR count). The molecule has 0 aliphatic rings. The number of anilines is 1. The SMILES string of the molecule is CCOC(=O)c1noc(CNc2ccccc2)n1.